The van der Waals surface area contributed by atoms with Crippen molar-refractivity contribution in [3.05, 3.63) is 0 Å². The number of hydrogen-bond donors (Lipinski definition) is 2. The van der Waals surface area contributed by atoms with Gasteiger partial charge in [0.25, 0.3) is 6.43 Å². The van der Waals surface area contributed by atoms with E-state index in [0.29, 0.717) is 0 Å². The van der Waals surface area contributed by atoms with E-state index in [2.05, 4.69) is 10.6 Å². The molecule has 0 saturated heterocycles. The Morgan fingerprint density at radius 3 is 2.33 bits per heavy atom. The fourth-order valence-corrected chi connectivity index (χ4v) is 0.504. The number of likely N-dealkylation sites (N-methyl/N-ethyl adjacent to an activating group) is 1. The lowest BCUT2D eigenvalue weighted by Gasteiger charge is -2.22. The highest BCUT2D eigenvalue weighted by Gasteiger charge is 2.25. The molecule has 0 unspecified atom stereocenters. The van der Waals surface area contributed by atoms with Crippen molar-refractivity contribution in [2.24, 2.45) is 0 Å². The molecule has 0 aromatic carbocycles. The van der Waals surface area contributed by atoms with Crippen molar-refractivity contribution in [1.29, 1.82) is 0 Å². The molecule has 0 aliphatic carbocycles. The summed E-state index contributed by atoms with van der Waals surface area (Å²) in [5, 5.41) is 4.83. The first-order valence-corrected chi connectivity index (χ1v) is 3.65. The van der Waals surface area contributed by atoms with Gasteiger partial charge in [0.15, 0.2) is 0 Å². The van der Waals surface area contributed by atoms with Crippen molar-refractivity contribution in [2.45, 2.75) is 25.8 Å². The van der Waals surface area contributed by atoms with Gasteiger partial charge in [0.1, 0.15) is 0 Å². The number of carbonyl (C=O) groups excluding carboxylic acids is 1. The van der Waals surface area contributed by atoms with E-state index in [1.54, 1.807) is 20.9 Å². The minimum Gasteiger partial charge on any atom is -0.349 e. The molecule has 12 heavy (non-hydrogen) atoms. The van der Waals surface area contributed by atoms with Gasteiger partial charge in [-0.1, -0.05) is 0 Å². The SMILES string of the molecule is CNC(C)(C)C(=O)NCC(F)F. The van der Waals surface area contributed by atoms with Crippen molar-refractivity contribution in [2.75, 3.05) is 13.6 Å². The van der Waals surface area contributed by atoms with Crippen LogP contribution >= 0.6 is 0 Å². The Kier molecular flexibility index (Phi) is 4.09. The number of halogens is 2. The predicted molar refractivity (Wildman–Crippen MR) is 42.2 cm³/mol. The first-order valence-electron chi connectivity index (χ1n) is 3.65. The first-order chi connectivity index (χ1) is 5.40. The number of carbonyl (C=O) groups is 1. The minimum atomic E-state index is -2.50. The first kappa shape index (κ1) is 11.3. The largest absolute Gasteiger partial charge is 0.349 e. The molecule has 0 spiro atoms. The van der Waals surface area contributed by atoms with Crippen LogP contribution in [-0.4, -0.2) is 31.5 Å². The molecule has 0 heterocycles. The zero-order valence-corrected chi connectivity index (χ0v) is 7.45. The van der Waals surface area contributed by atoms with Gasteiger partial charge in [0, 0.05) is 0 Å². The van der Waals surface area contributed by atoms with Crippen molar-refractivity contribution in [3.63, 3.8) is 0 Å². The lowest BCUT2D eigenvalue weighted by molar-refractivity contribution is -0.126. The topological polar surface area (TPSA) is 41.1 Å². The maximum absolute atomic E-state index is 11.7. The second kappa shape index (κ2) is 4.35. The van der Waals surface area contributed by atoms with Crippen LogP contribution in [0.25, 0.3) is 0 Å². The molecule has 1 amide bonds. The van der Waals surface area contributed by atoms with Gasteiger partial charge in [-0.15, -0.1) is 0 Å². The molecule has 0 aromatic rings. The highest BCUT2D eigenvalue weighted by atomic mass is 19.3. The Balaban J connectivity index is 3.88. The number of nitrogens with one attached hydrogen (secondary N) is 2. The van der Waals surface area contributed by atoms with Gasteiger partial charge in [0.05, 0.1) is 12.1 Å². The molecule has 0 fully saturated rings. The van der Waals surface area contributed by atoms with Crippen molar-refractivity contribution in [1.82, 2.24) is 10.6 Å². The third kappa shape index (κ3) is 3.61. The minimum absolute atomic E-state index is 0.426. The van der Waals surface area contributed by atoms with Gasteiger partial charge in [-0.25, -0.2) is 8.78 Å². The second-order valence-electron chi connectivity index (χ2n) is 2.98. The Hall–Kier alpha value is -0.710. The number of amides is 1. The zero-order valence-electron chi connectivity index (χ0n) is 7.45. The van der Waals surface area contributed by atoms with E-state index >= 15 is 0 Å². The Morgan fingerprint density at radius 1 is 1.50 bits per heavy atom. The molecular weight excluding hydrogens is 166 g/mol. The summed E-state index contributed by atoms with van der Waals surface area (Å²) >= 11 is 0. The lowest BCUT2D eigenvalue weighted by Crippen LogP contribution is -2.51. The Labute approximate surface area is 70.5 Å². The molecule has 72 valence electrons. The highest BCUT2D eigenvalue weighted by Crippen LogP contribution is 2.00. The van der Waals surface area contributed by atoms with Crippen LogP contribution in [0.4, 0.5) is 8.78 Å². The van der Waals surface area contributed by atoms with Crippen molar-refractivity contribution < 1.29 is 13.6 Å². The van der Waals surface area contributed by atoms with Crippen LogP contribution in [0.5, 0.6) is 0 Å². The third-order valence-corrected chi connectivity index (χ3v) is 1.61. The zero-order chi connectivity index (χ0) is 9.78. The quantitative estimate of drug-likeness (QED) is 0.656. The number of alkyl halides is 2. The fraction of sp³-hybridized carbons (Fsp3) is 0.857. The van der Waals surface area contributed by atoms with Crippen LogP contribution in [0.15, 0.2) is 0 Å². The van der Waals surface area contributed by atoms with Crippen LogP contribution in [-0.2, 0) is 4.79 Å². The van der Waals surface area contributed by atoms with E-state index < -0.39 is 24.4 Å². The smallest absolute Gasteiger partial charge is 0.255 e. The van der Waals surface area contributed by atoms with Crippen LogP contribution < -0.4 is 10.6 Å². The molecule has 0 saturated carbocycles. The third-order valence-electron chi connectivity index (χ3n) is 1.61. The molecule has 0 aliphatic heterocycles. The van der Waals surface area contributed by atoms with E-state index in [-0.39, 0.29) is 0 Å². The van der Waals surface area contributed by atoms with Crippen molar-refractivity contribution in [3.8, 4) is 0 Å². The molecule has 0 aromatic heterocycles. The lowest BCUT2D eigenvalue weighted by atomic mass is 10.1. The average Bonchev–Trinajstić information content (AvgIpc) is 2.00. The van der Waals surface area contributed by atoms with Gasteiger partial charge < -0.3 is 10.6 Å². The molecule has 0 bridgehead atoms. The number of hydrogen-bond acceptors (Lipinski definition) is 2. The van der Waals surface area contributed by atoms with Gasteiger partial charge in [-0.2, -0.15) is 0 Å². The highest BCUT2D eigenvalue weighted by molar-refractivity contribution is 5.85. The molecule has 0 aliphatic rings. The molecule has 0 radical (unpaired) electrons. The monoisotopic (exact) mass is 180 g/mol. The van der Waals surface area contributed by atoms with Crippen molar-refractivity contribution >= 4 is 5.91 Å². The summed E-state index contributed by atoms with van der Waals surface area (Å²) in [4.78, 5) is 11.1. The van der Waals surface area contributed by atoms with Crippen LogP contribution in [0, 0.1) is 0 Å². The summed E-state index contributed by atoms with van der Waals surface area (Å²) in [5.41, 5.74) is -0.797. The molecule has 3 nitrogen and oxygen atoms in total. The molecule has 2 N–H and O–H groups in total. The van der Waals surface area contributed by atoms with Gasteiger partial charge >= 0.3 is 0 Å². The maximum Gasteiger partial charge on any atom is 0.255 e. The molecule has 0 rings (SSSR count). The van der Waals surface area contributed by atoms with E-state index in [0.717, 1.165) is 0 Å². The van der Waals surface area contributed by atoms with Crippen LogP contribution in [0.1, 0.15) is 13.8 Å². The summed E-state index contributed by atoms with van der Waals surface area (Å²) < 4.78 is 23.3. The Morgan fingerprint density at radius 2 is 2.00 bits per heavy atom. The second-order valence-corrected chi connectivity index (χ2v) is 2.98. The summed E-state index contributed by atoms with van der Waals surface area (Å²) in [6, 6.07) is 0. The van der Waals surface area contributed by atoms with Gasteiger partial charge in [-0.05, 0) is 20.9 Å². The summed E-state index contributed by atoms with van der Waals surface area (Å²) in [6.45, 7) is 2.64. The summed E-state index contributed by atoms with van der Waals surface area (Å²) in [6.07, 6.45) is -2.50. The van der Waals surface area contributed by atoms with Gasteiger partial charge in [-0.3, -0.25) is 4.79 Å². The Bertz CT molecular complexity index is 159. The predicted octanol–water partition coefficient (Wildman–Crippen LogP) is 0.366. The molecular formula is C7H14F2N2O. The van der Waals surface area contributed by atoms with Gasteiger partial charge in [0.2, 0.25) is 5.91 Å². The molecule has 0 atom stereocenters. The maximum atomic E-state index is 11.7. The standard InChI is InChI=1S/C7H14F2N2O/c1-7(2,10-3)6(12)11-4-5(8)9/h5,10H,4H2,1-3H3,(H,11,12). The van der Waals surface area contributed by atoms with Crippen LogP contribution in [0.3, 0.4) is 0 Å². The van der Waals surface area contributed by atoms with E-state index in [9.17, 15) is 13.6 Å². The van der Waals surface area contributed by atoms with E-state index in [1.165, 1.54) is 0 Å². The molecule has 5 heteroatoms. The number of rotatable bonds is 4. The fourth-order valence-electron chi connectivity index (χ4n) is 0.504. The average molecular weight is 180 g/mol. The van der Waals surface area contributed by atoms with E-state index in [1.807, 2.05) is 0 Å². The normalized spacial score (nSPS) is 11.8. The summed E-state index contributed by atoms with van der Waals surface area (Å²) in [5.74, 6) is -0.426. The van der Waals surface area contributed by atoms with E-state index in [4.69, 9.17) is 0 Å². The van der Waals surface area contributed by atoms with Crippen LogP contribution in [0.2, 0.25) is 0 Å². The summed E-state index contributed by atoms with van der Waals surface area (Å²) in [7, 11) is 1.60.